The molecular weight excluding hydrogens is 248 g/mol. The molecule has 0 radical (unpaired) electrons. The average Bonchev–Trinajstić information content (AvgIpc) is 2.48. The van der Waals surface area contributed by atoms with Gasteiger partial charge in [-0.3, -0.25) is 4.79 Å². The summed E-state index contributed by atoms with van der Waals surface area (Å²) in [4.78, 5) is 11.8. The van der Waals surface area contributed by atoms with E-state index in [9.17, 15) is 4.79 Å². The van der Waals surface area contributed by atoms with Crippen LogP contribution in [0.15, 0.2) is 54.6 Å². The number of carbonyl (C=O) groups excluding carboxylic acids is 1. The van der Waals surface area contributed by atoms with Crippen LogP contribution in [0.1, 0.15) is 22.8 Å². The molecule has 0 aromatic heterocycles. The number of nitrogens with two attached hydrogens (primary N) is 1. The highest BCUT2D eigenvalue weighted by atomic mass is 16.1. The third-order valence-electron chi connectivity index (χ3n) is 3.15. The Balaban J connectivity index is 1.93. The van der Waals surface area contributed by atoms with Crippen LogP contribution < -0.4 is 11.1 Å². The molecule has 0 spiro atoms. The molecule has 0 amide bonds. The van der Waals surface area contributed by atoms with Crippen LogP contribution in [0, 0.1) is 0 Å². The van der Waals surface area contributed by atoms with Gasteiger partial charge in [0.05, 0.1) is 6.04 Å². The number of carbonyl (C=O) groups is 1. The third-order valence-corrected chi connectivity index (χ3v) is 3.15. The maximum absolute atomic E-state index is 11.8. The first kappa shape index (κ1) is 14.3. The Labute approximate surface area is 119 Å². The van der Waals surface area contributed by atoms with Gasteiger partial charge in [0.1, 0.15) is 0 Å². The summed E-state index contributed by atoms with van der Waals surface area (Å²) in [6.07, 6.45) is 0.951. The molecule has 0 aliphatic rings. The van der Waals surface area contributed by atoms with E-state index < -0.39 is 6.04 Å². The molecule has 20 heavy (non-hydrogen) atoms. The first-order valence-electron chi connectivity index (χ1n) is 6.84. The summed E-state index contributed by atoms with van der Waals surface area (Å²) < 4.78 is 0. The van der Waals surface area contributed by atoms with E-state index in [2.05, 4.69) is 17.4 Å². The predicted octanol–water partition coefficient (Wildman–Crippen LogP) is 2.87. The van der Waals surface area contributed by atoms with E-state index in [0.717, 1.165) is 18.7 Å². The Morgan fingerprint density at radius 2 is 1.90 bits per heavy atom. The van der Waals surface area contributed by atoms with Gasteiger partial charge >= 0.3 is 0 Å². The van der Waals surface area contributed by atoms with Gasteiger partial charge < -0.3 is 11.1 Å². The van der Waals surface area contributed by atoms with Crippen LogP contribution in [0.3, 0.4) is 0 Å². The van der Waals surface area contributed by atoms with Crippen LogP contribution in [0.5, 0.6) is 0 Å². The highest BCUT2D eigenvalue weighted by Gasteiger charge is 2.10. The van der Waals surface area contributed by atoms with Crippen LogP contribution >= 0.6 is 0 Å². The molecule has 0 heterocycles. The Morgan fingerprint density at radius 1 is 1.15 bits per heavy atom. The zero-order valence-corrected chi connectivity index (χ0v) is 11.7. The minimum atomic E-state index is -0.463. The lowest BCUT2D eigenvalue weighted by Gasteiger charge is -2.09. The molecule has 1 unspecified atom stereocenters. The minimum absolute atomic E-state index is 0.0308. The van der Waals surface area contributed by atoms with Gasteiger partial charge in [-0.05, 0) is 31.0 Å². The van der Waals surface area contributed by atoms with Crippen LogP contribution in [0.2, 0.25) is 0 Å². The lowest BCUT2D eigenvalue weighted by atomic mass is 10.1. The summed E-state index contributed by atoms with van der Waals surface area (Å²) in [7, 11) is 0. The van der Waals surface area contributed by atoms with Crippen LogP contribution in [0.25, 0.3) is 0 Å². The molecule has 0 aliphatic carbocycles. The van der Waals surface area contributed by atoms with E-state index in [1.165, 1.54) is 5.56 Å². The van der Waals surface area contributed by atoms with Gasteiger partial charge in [-0.25, -0.2) is 0 Å². The summed E-state index contributed by atoms with van der Waals surface area (Å²) in [5.74, 6) is -0.0308. The van der Waals surface area contributed by atoms with Gasteiger partial charge in [0.25, 0.3) is 0 Å². The molecule has 0 aliphatic heterocycles. The quantitative estimate of drug-likeness (QED) is 0.792. The smallest absolute Gasteiger partial charge is 0.179 e. The monoisotopic (exact) mass is 268 g/mol. The molecule has 0 fully saturated rings. The maximum atomic E-state index is 11.8. The Kier molecular flexibility index (Phi) is 4.91. The molecule has 1 atom stereocenters. The van der Waals surface area contributed by atoms with Crippen molar-refractivity contribution in [3.8, 4) is 0 Å². The average molecular weight is 268 g/mol. The molecule has 2 aromatic rings. The Bertz CT molecular complexity index is 564. The highest BCUT2D eigenvalue weighted by molar-refractivity contribution is 6.00. The zero-order valence-electron chi connectivity index (χ0n) is 11.7. The highest BCUT2D eigenvalue weighted by Crippen LogP contribution is 2.12. The van der Waals surface area contributed by atoms with Gasteiger partial charge in [0.15, 0.2) is 5.78 Å². The van der Waals surface area contributed by atoms with Crippen molar-refractivity contribution in [1.82, 2.24) is 0 Å². The second-order valence-corrected chi connectivity index (χ2v) is 4.90. The normalized spacial score (nSPS) is 11.9. The predicted molar refractivity (Wildman–Crippen MR) is 83.1 cm³/mol. The van der Waals surface area contributed by atoms with Crippen molar-refractivity contribution < 1.29 is 4.79 Å². The molecule has 3 N–H and O–H groups in total. The fourth-order valence-electron chi connectivity index (χ4n) is 2.04. The number of Topliss-reactive ketones (excluding diaryl/α,β-unsaturated/α-hetero) is 1. The fraction of sp³-hybridized carbons (Fsp3) is 0.235. The topological polar surface area (TPSA) is 55.1 Å². The number of ketones is 1. The molecule has 2 aromatic carbocycles. The second-order valence-electron chi connectivity index (χ2n) is 4.90. The van der Waals surface area contributed by atoms with Crippen molar-refractivity contribution in [3.63, 3.8) is 0 Å². The molecule has 2 rings (SSSR count). The van der Waals surface area contributed by atoms with Gasteiger partial charge in [-0.15, -0.1) is 0 Å². The van der Waals surface area contributed by atoms with Crippen LogP contribution in [-0.4, -0.2) is 18.4 Å². The summed E-state index contributed by atoms with van der Waals surface area (Å²) in [5, 5.41) is 3.33. The van der Waals surface area contributed by atoms with Crippen molar-refractivity contribution in [1.29, 1.82) is 0 Å². The molecule has 0 bridgehead atoms. The van der Waals surface area contributed by atoms with Gasteiger partial charge in [0, 0.05) is 17.8 Å². The first-order valence-corrected chi connectivity index (χ1v) is 6.84. The summed E-state index contributed by atoms with van der Waals surface area (Å²) >= 11 is 0. The number of rotatable bonds is 6. The van der Waals surface area contributed by atoms with Crippen molar-refractivity contribution in [3.05, 3.63) is 65.7 Å². The van der Waals surface area contributed by atoms with Crippen molar-refractivity contribution in [2.24, 2.45) is 5.73 Å². The first-order chi connectivity index (χ1) is 9.66. The van der Waals surface area contributed by atoms with Crippen LogP contribution in [-0.2, 0) is 6.42 Å². The number of hydrogen-bond donors (Lipinski definition) is 2. The van der Waals surface area contributed by atoms with E-state index in [0.29, 0.717) is 5.56 Å². The molecule has 104 valence electrons. The molecule has 3 nitrogen and oxygen atoms in total. The number of benzene rings is 2. The molecule has 0 saturated carbocycles. The van der Waals surface area contributed by atoms with E-state index in [4.69, 9.17) is 5.73 Å². The standard InChI is InChI=1S/C17H20N2O/c1-13(18)17(20)15-8-5-9-16(12-15)19-11-10-14-6-3-2-4-7-14/h2-9,12-13,19H,10-11,18H2,1H3. The van der Waals surface area contributed by atoms with E-state index in [1.54, 1.807) is 13.0 Å². The SMILES string of the molecule is CC(N)C(=O)c1cccc(NCCc2ccccc2)c1. The number of anilines is 1. The van der Waals surface area contributed by atoms with Gasteiger partial charge in [0.2, 0.25) is 0 Å². The van der Waals surface area contributed by atoms with E-state index >= 15 is 0 Å². The number of hydrogen-bond acceptors (Lipinski definition) is 3. The van der Waals surface area contributed by atoms with Crippen molar-refractivity contribution >= 4 is 11.5 Å². The third kappa shape index (κ3) is 3.93. The maximum Gasteiger partial charge on any atom is 0.179 e. The minimum Gasteiger partial charge on any atom is -0.385 e. The summed E-state index contributed by atoms with van der Waals surface area (Å²) in [5.41, 5.74) is 8.53. The lowest BCUT2D eigenvalue weighted by Crippen LogP contribution is -2.26. The van der Waals surface area contributed by atoms with Gasteiger partial charge in [-0.1, -0.05) is 42.5 Å². The Hall–Kier alpha value is -2.13. The van der Waals surface area contributed by atoms with E-state index in [-0.39, 0.29) is 5.78 Å². The fourth-order valence-corrected chi connectivity index (χ4v) is 2.04. The van der Waals surface area contributed by atoms with Gasteiger partial charge in [-0.2, -0.15) is 0 Å². The summed E-state index contributed by atoms with van der Waals surface area (Å²) in [6.45, 7) is 2.54. The molecular formula is C17H20N2O. The Morgan fingerprint density at radius 3 is 2.60 bits per heavy atom. The molecule has 3 heteroatoms. The largest absolute Gasteiger partial charge is 0.385 e. The van der Waals surface area contributed by atoms with Crippen molar-refractivity contribution in [2.75, 3.05) is 11.9 Å². The number of nitrogens with one attached hydrogen (secondary N) is 1. The second kappa shape index (κ2) is 6.87. The molecule has 0 saturated heterocycles. The lowest BCUT2D eigenvalue weighted by molar-refractivity contribution is 0.0968. The summed E-state index contributed by atoms with van der Waals surface area (Å²) in [6, 6.07) is 17.3. The van der Waals surface area contributed by atoms with Crippen molar-refractivity contribution in [2.45, 2.75) is 19.4 Å². The zero-order chi connectivity index (χ0) is 14.4. The van der Waals surface area contributed by atoms with E-state index in [1.807, 2.05) is 36.4 Å². The van der Waals surface area contributed by atoms with Crippen LogP contribution in [0.4, 0.5) is 5.69 Å².